The van der Waals surface area contributed by atoms with Crippen LogP contribution in [0, 0.1) is 11.3 Å². The molecule has 0 heterocycles. The summed E-state index contributed by atoms with van der Waals surface area (Å²) in [4.78, 5) is 0. The molecular formula is C10H20N2. The quantitative estimate of drug-likeness (QED) is 0.618. The maximum atomic E-state index is 8.39. The first kappa shape index (κ1) is 11.4. The number of rotatable bonds is 6. The van der Waals surface area contributed by atoms with Crippen molar-refractivity contribution in [3.63, 3.8) is 0 Å². The zero-order chi connectivity index (χ0) is 9.45. The highest BCUT2D eigenvalue weighted by molar-refractivity contribution is 4.85. The SMILES string of the molecule is CCC(CC)(CC)NCCC#N. The molecule has 0 aromatic rings. The number of hydrogen-bond donors (Lipinski definition) is 1. The predicted octanol–water partition coefficient (Wildman–Crippen LogP) is 2.46. The third-order valence-corrected chi connectivity index (χ3v) is 2.77. The molecule has 2 nitrogen and oxygen atoms in total. The van der Waals surface area contributed by atoms with Gasteiger partial charge in [-0.3, -0.25) is 0 Å². The van der Waals surface area contributed by atoms with Crippen LogP contribution in [0.25, 0.3) is 0 Å². The largest absolute Gasteiger partial charge is 0.310 e. The van der Waals surface area contributed by atoms with E-state index in [2.05, 4.69) is 32.2 Å². The minimum atomic E-state index is 0.275. The van der Waals surface area contributed by atoms with Gasteiger partial charge in [0.2, 0.25) is 0 Å². The van der Waals surface area contributed by atoms with Crippen molar-refractivity contribution in [1.82, 2.24) is 5.32 Å². The van der Waals surface area contributed by atoms with Crippen molar-refractivity contribution in [3.8, 4) is 6.07 Å². The summed E-state index contributed by atoms with van der Waals surface area (Å²) in [5.74, 6) is 0. The fourth-order valence-corrected chi connectivity index (χ4v) is 1.51. The van der Waals surface area contributed by atoms with E-state index in [0.717, 1.165) is 25.8 Å². The van der Waals surface area contributed by atoms with E-state index in [1.54, 1.807) is 0 Å². The molecule has 0 aliphatic heterocycles. The number of nitrogens with one attached hydrogen (secondary N) is 1. The first-order valence-electron chi connectivity index (χ1n) is 4.86. The lowest BCUT2D eigenvalue weighted by atomic mass is 9.90. The minimum Gasteiger partial charge on any atom is -0.310 e. The average Bonchev–Trinajstić information content (AvgIpc) is 2.14. The summed E-state index contributed by atoms with van der Waals surface area (Å²) in [6.07, 6.45) is 4.05. The smallest absolute Gasteiger partial charge is 0.0635 e. The highest BCUT2D eigenvalue weighted by Gasteiger charge is 2.21. The molecule has 0 spiro atoms. The van der Waals surface area contributed by atoms with Crippen LogP contribution in [0.5, 0.6) is 0 Å². The molecule has 2 heteroatoms. The van der Waals surface area contributed by atoms with Crippen molar-refractivity contribution in [3.05, 3.63) is 0 Å². The molecule has 0 radical (unpaired) electrons. The molecule has 0 atom stereocenters. The van der Waals surface area contributed by atoms with E-state index in [1.165, 1.54) is 0 Å². The molecule has 0 saturated carbocycles. The summed E-state index contributed by atoms with van der Waals surface area (Å²) in [5, 5.41) is 11.9. The van der Waals surface area contributed by atoms with Gasteiger partial charge in [-0.1, -0.05) is 20.8 Å². The Bertz CT molecular complexity index is 134. The maximum absolute atomic E-state index is 8.39. The van der Waals surface area contributed by atoms with Gasteiger partial charge in [0.25, 0.3) is 0 Å². The van der Waals surface area contributed by atoms with Gasteiger partial charge in [0, 0.05) is 18.5 Å². The fraction of sp³-hybridized carbons (Fsp3) is 0.900. The monoisotopic (exact) mass is 168 g/mol. The lowest BCUT2D eigenvalue weighted by molar-refractivity contribution is 0.294. The molecule has 0 aliphatic carbocycles. The van der Waals surface area contributed by atoms with Crippen LogP contribution in [0.1, 0.15) is 46.5 Å². The fourth-order valence-electron chi connectivity index (χ4n) is 1.51. The second-order valence-electron chi connectivity index (χ2n) is 3.18. The second kappa shape index (κ2) is 6.02. The van der Waals surface area contributed by atoms with Crippen LogP contribution in [0.4, 0.5) is 0 Å². The van der Waals surface area contributed by atoms with E-state index < -0.39 is 0 Å². The molecule has 12 heavy (non-hydrogen) atoms. The summed E-state index contributed by atoms with van der Waals surface area (Å²) < 4.78 is 0. The highest BCUT2D eigenvalue weighted by Crippen LogP contribution is 2.18. The van der Waals surface area contributed by atoms with Gasteiger partial charge in [-0.05, 0) is 19.3 Å². The molecule has 0 saturated heterocycles. The van der Waals surface area contributed by atoms with Crippen molar-refractivity contribution < 1.29 is 0 Å². The van der Waals surface area contributed by atoms with Crippen LogP contribution in [-0.2, 0) is 0 Å². The lowest BCUT2D eigenvalue weighted by Crippen LogP contribution is -2.43. The predicted molar refractivity (Wildman–Crippen MR) is 51.8 cm³/mol. The van der Waals surface area contributed by atoms with Gasteiger partial charge >= 0.3 is 0 Å². The first-order valence-corrected chi connectivity index (χ1v) is 4.86. The van der Waals surface area contributed by atoms with E-state index in [9.17, 15) is 0 Å². The molecular weight excluding hydrogens is 148 g/mol. The zero-order valence-electron chi connectivity index (χ0n) is 8.48. The van der Waals surface area contributed by atoms with Gasteiger partial charge in [-0.15, -0.1) is 0 Å². The molecule has 0 fully saturated rings. The van der Waals surface area contributed by atoms with Gasteiger partial charge < -0.3 is 5.32 Å². The molecule has 70 valence electrons. The number of hydrogen-bond acceptors (Lipinski definition) is 2. The summed E-state index contributed by atoms with van der Waals surface area (Å²) >= 11 is 0. The van der Waals surface area contributed by atoms with Crippen molar-refractivity contribution >= 4 is 0 Å². The Hall–Kier alpha value is -0.550. The van der Waals surface area contributed by atoms with E-state index in [4.69, 9.17) is 5.26 Å². The summed E-state index contributed by atoms with van der Waals surface area (Å²) in [5.41, 5.74) is 0.275. The van der Waals surface area contributed by atoms with Crippen LogP contribution in [0.3, 0.4) is 0 Å². The summed E-state index contributed by atoms with van der Waals surface area (Å²) in [6.45, 7) is 7.43. The number of nitriles is 1. The Morgan fingerprint density at radius 3 is 2.00 bits per heavy atom. The Morgan fingerprint density at radius 2 is 1.67 bits per heavy atom. The molecule has 0 rings (SSSR count). The molecule has 0 amide bonds. The topological polar surface area (TPSA) is 35.8 Å². The van der Waals surface area contributed by atoms with Crippen molar-refractivity contribution in [2.45, 2.75) is 52.0 Å². The van der Waals surface area contributed by atoms with Gasteiger partial charge in [0.05, 0.1) is 6.07 Å². The standard InChI is InChI=1S/C10H20N2/c1-4-10(5-2,6-3)12-9-7-8-11/h12H,4-7,9H2,1-3H3. The molecule has 0 aromatic heterocycles. The molecule has 0 aromatic carbocycles. The normalized spacial score (nSPS) is 11.2. The Labute approximate surface area is 76.0 Å². The maximum Gasteiger partial charge on any atom is 0.0635 e. The van der Waals surface area contributed by atoms with Crippen molar-refractivity contribution in [2.75, 3.05) is 6.54 Å². The second-order valence-corrected chi connectivity index (χ2v) is 3.18. The van der Waals surface area contributed by atoms with E-state index in [1.807, 2.05) is 0 Å². The van der Waals surface area contributed by atoms with Crippen molar-refractivity contribution in [1.29, 1.82) is 5.26 Å². The van der Waals surface area contributed by atoms with Gasteiger partial charge in [-0.2, -0.15) is 5.26 Å². The zero-order valence-corrected chi connectivity index (χ0v) is 8.48. The summed E-state index contributed by atoms with van der Waals surface area (Å²) in [7, 11) is 0. The molecule has 1 N–H and O–H groups in total. The van der Waals surface area contributed by atoms with E-state index >= 15 is 0 Å². The highest BCUT2D eigenvalue weighted by atomic mass is 15.0. The van der Waals surface area contributed by atoms with Crippen LogP contribution >= 0.6 is 0 Å². The first-order chi connectivity index (χ1) is 5.74. The third-order valence-electron chi connectivity index (χ3n) is 2.77. The van der Waals surface area contributed by atoms with E-state index in [-0.39, 0.29) is 5.54 Å². The van der Waals surface area contributed by atoms with Crippen LogP contribution in [0.2, 0.25) is 0 Å². The van der Waals surface area contributed by atoms with Crippen LogP contribution in [-0.4, -0.2) is 12.1 Å². The Morgan fingerprint density at radius 1 is 1.17 bits per heavy atom. The molecule has 0 unspecified atom stereocenters. The minimum absolute atomic E-state index is 0.275. The van der Waals surface area contributed by atoms with Gasteiger partial charge in [0.15, 0.2) is 0 Å². The summed E-state index contributed by atoms with van der Waals surface area (Å²) in [6, 6.07) is 2.15. The van der Waals surface area contributed by atoms with Gasteiger partial charge in [0.1, 0.15) is 0 Å². The average molecular weight is 168 g/mol. The Kier molecular flexibility index (Phi) is 5.74. The third kappa shape index (κ3) is 3.23. The van der Waals surface area contributed by atoms with E-state index in [0.29, 0.717) is 6.42 Å². The van der Waals surface area contributed by atoms with Gasteiger partial charge in [-0.25, -0.2) is 0 Å². The van der Waals surface area contributed by atoms with Crippen LogP contribution < -0.4 is 5.32 Å². The Balaban J connectivity index is 3.86. The number of nitrogens with zero attached hydrogens (tertiary/aromatic N) is 1. The molecule has 0 bridgehead atoms. The lowest BCUT2D eigenvalue weighted by Gasteiger charge is -2.31. The van der Waals surface area contributed by atoms with Crippen LogP contribution in [0.15, 0.2) is 0 Å². The molecule has 0 aliphatic rings. The van der Waals surface area contributed by atoms with Crippen molar-refractivity contribution in [2.24, 2.45) is 0 Å².